The quantitative estimate of drug-likeness (QED) is 0.398. The van der Waals surface area contributed by atoms with Gasteiger partial charge in [0.05, 0.1) is 18.3 Å². The van der Waals surface area contributed by atoms with Crippen molar-refractivity contribution in [2.75, 3.05) is 19.6 Å². The molecule has 206 valence electrons. The van der Waals surface area contributed by atoms with Crippen molar-refractivity contribution in [3.05, 3.63) is 0 Å². The summed E-state index contributed by atoms with van der Waals surface area (Å²) in [7, 11) is 0. The van der Waals surface area contributed by atoms with E-state index in [2.05, 4.69) is 37.9 Å². The van der Waals surface area contributed by atoms with Crippen LogP contribution in [0.2, 0.25) is 0 Å². The minimum Gasteiger partial charge on any atom is -0.393 e. The van der Waals surface area contributed by atoms with Crippen LogP contribution in [-0.4, -0.2) is 63.3 Å². The van der Waals surface area contributed by atoms with Gasteiger partial charge in [-0.25, -0.2) is 0 Å². The number of aliphatic hydroxyl groups is 3. The van der Waals surface area contributed by atoms with Crippen molar-refractivity contribution in [3.8, 4) is 0 Å². The third-order valence-electron chi connectivity index (χ3n) is 12.5. The summed E-state index contributed by atoms with van der Waals surface area (Å²) in [6, 6.07) is 0. The summed E-state index contributed by atoms with van der Waals surface area (Å²) in [6.45, 7) is 12.2. The van der Waals surface area contributed by atoms with Crippen LogP contribution in [0.1, 0.15) is 91.9 Å². The Bertz CT molecular complexity index is 811. The highest BCUT2D eigenvalue weighted by atomic mass is 32.1. The molecule has 0 amide bonds. The van der Waals surface area contributed by atoms with Crippen LogP contribution in [0.15, 0.2) is 0 Å². The molecule has 1 unspecified atom stereocenters. The fourth-order valence-corrected chi connectivity index (χ4v) is 10.8. The maximum Gasteiger partial charge on any atom is 0.169 e. The first-order chi connectivity index (χ1) is 17.1. The number of aliphatic hydroxyl groups excluding tert-OH is 3. The maximum atomic E-state index is 11.9. The fraction of sp³-hybridized carbons (Fsp3) is 0.967. The molecule has 0 radical (unpaired) electrons. The zero-order chi connectivity index (χ0) is 25.8. The highest BCUT2D eigenvalue weighted by Gasteiger charge is 2.64. The van der Waals surface area contributed by atoms with E-state index in [-0.39, 0.29) is 23.7 Å². The smallest absolute Gasteiger partial charge is 0.169 e. The van der Waals surface area contributed by atoms with E-state index in [1.807, 2.05) is 0 Å². The second-order valence-electron chi connectivity index (χ2n) is 14.0. The SMILES string of the molecule is CC[C@@H]1C2C[C@H](O)CC[C@]2(C)[C@H]2CC[C@]3(C)[C@@H]([C@H](C)CCNC(=S)N4CC[C@@H](O)C4)CC[C@H]3[C@@H]2[C@@H]1O. The van der Waals surface area contributed by atoms with Gasteiger partial charge in [-0.3, -0.25) is 0 Å². The zero-order valence-corrected chi connectivity index (χ0v) is 24.0. The number of rotatable bonds is 5. The molecule has 1 aliphatic heterocycles. The summed E-state index contributed by atoms with van der Waals surface area (Å²) in [5.41, 5.74) is 0.592. The van der Waals surface area contributed by atoms with Crippen molar-refractivity contribution < 1.29 is 15.3 Å². The molecule has 0 aromatic heterocycles. The normalized spacial score (nSPS) is 49.2. The van der Waals surface area contributed by atoms with Gasteiger partial charge in [0.1, 0.15) is 0 Å². The molecule has 5 fully saturated rings. The molecule has 1 heterocycles. The van der Waals surface area contributed by atoms with Crippen LogP contribution in [-0.2, 0) is 0 Å². The van der Waals surface area contributed by atoms with Crippen LogP contribution in [0.5, 0.6) is 0 Å². The number of thiocarbonyl (C=S) groups is 1. The van der Waals surface area contributed by atoms with Gasteiger partial charge in [-0.15, -0.1) is 0 Å². The Hall–Kier alpha value is -0.430. The number of hydrogen-bond acceptors (Lipinski definition) is 4. The van der Waals surface area contributed by atoms with Crippen molar-refractivity contribution in [2.24, 2.45) is 52.3 Å². The number of nitrogens with one attached hydrogen (secondary N) is 1. The Morgan fingerprint density at radius 1 is 0.972 bits per heavy atom. The lowest BCUT2D eigenvalue weighted by atomic mass is 9.41. The van der Waals surface area contributed by atoms with E-state index in [0.29, 0.717) is 53.4 Å². The number of likely N-dealkylation sites (tertiary alicyclic amines) is 1. The third kappa shape index (κ3) is 4.44. The average Bonchev–Trinajstić information content (AvgIpc) is 3.43. The van der Waals surface area contributed by atoms with E-state index < -0.39 is 0 Å². The Labute approximate surface area is 224 Å². The first-order valence-corrected chi connectivity index (χ1v) is 15.6. The molecule has 0 aromatic rings. The molecule has 5 rings (SSSR count). The van der Waals surface area contributed by atoms with Crippen molar-refractivity contribution in [1.82, 2.24) is 10.2 Å². The summed E-state index contributed by atoms with van der Waals surface area (Å²) in [5, 5.41) is 36.5. The van der Waals surface area contributed by atoms with Crippen LogP contribution in [0.3, 0.4) is 0 Å². The molecule has 0 bridgehead atoms. The van der Waals surface area contributed by atoms with Gasteiger partial charge < -0.3 is 25.5 Å². The van der Waals surface area contributed by atoms with Gasteiger partial charge >= 0.3 is 0 Å². The van der Waals surface area contributed by atoms with Crippen LogP contribution in [0.25, 0.3) is 0 Å². The fourth-order valence-electron chi connectivity index (χ4n) is 10.6. The van der Waals surface area contributed by atoms with Crippen LogP contribution in [0, 0.1) is 52.3 Å². The molecule has 0 aromatic carbocycles. The molecule has 0 spiro atoms. The molecule has 4 N–H and O–H groups in total. The topological polar surface area (TPSA) is 76.0 Å². The summed E-state index contributed by atoms with van der Waals surface area (Å²) in [5.74, 6) is 3.79. The van der Waals surface area contributed by atoms with Crippen LogP contribution in [0.4, 0.5) is 0 Å². The van der Waals surface area contributed by atoms with Crippen molar-refractivity contribution in [1.29, 1.82) is 0 Å². The van der Waals surface area contributed by atoms with Crippen LogP contribution >= 0.6 is 12.2 Å². The molecular weight excluding hydrogens is 468 g/mol. The van der Waals surface area contributed by atoms with Crippen molar-refractivity contribution in [3.63, 3.8) is 0 Å². The van der Waals surface area contributed by atoms with Gasteiger partial charge in [0, 0.05) is 19.6 Å². The number of nitrogens with zero attached hydrogens (tertiary/aromatic N) is 1. The van der Waals surface area contributed by atoms with Gasteiger partial charge in [0.15, 0.2) is 5.11 Å². The lowest BCUT2D eigenvalue weighted by Gasteiger charge is -2.64. The minimum absolute atomic E-state index is 0.177. The van der Waals surface area contributed by atoms with E-state index in [4.69, 9.17) is 12.2 Å². The standard InChI is InChI=1S/C30H52N2O3S/c1-5-21-25-16-19(33)8-12-30(25,4)24-9-13-29(3)22(6-7-23(29)26(24)27(21)35)18(2)10-14-31-28(36)32-15-11-20(34)17-32/h18-27,33-35H,5-17H2,1-4H3,(H,31,36)/t18-,19-,20-,21-,22-,23+,24+,25?,26+,27-,29-,30-/m1/s1. The molecule has 4 saturated carbocycles. The van der Waals surface area contributed by atoms with E-state index in [0.717, 1.165) is 56.7 Å². The summed E-state index contributed by atoms with van der Waals surface area (Å²) < 4.78 is 0. The Morgan fingerprint density at radius 3 is 2.39 bits per heavy atom. The lowest BCUT2D eigenvalue weighted by Crippen LogP contribution is -2.62. The molecular formula is C30H52N2O3S. The first kappa shape index (κ1) is 27.1. The van der Waals surface area contributed by atoms with E-state index in [1.165, 1.54) is 25.7 Å². The Kier molecular flexibility index (Phi) is 7.75. The summed E-state index contributed by atoms with van der Waals surface area (Å²) in [4.78, 5) is 2.10. The number of β-amino-alcohol motifs (C(OH)–C–C–N with tert-alkyl or cyclic N) is 1. The average molecular weight is 521 g/mol. The Balaban J connectivity index is 1.26. The second-order valence-corrected chi connectivity index (χ2v) is 14.4. The monoisotopic (exact) mass is 520 g/mol. The molecule has 36 heavy (non-hydrogen) atoms. The Morgan fingerprint density at radius 2 is 1.69 bits per heavy atom. The molecule has 5 nitrogen and oxygen atoms in total. The van der Waals surface area contributed by atoms with Gasteiger partial charge in [0.25, 0.3) is 0 Å². The van der Waals surface area contributed by atoms with Gasteiger partial charge in [-0.05, 0) is 122 Å². The van der Waals surface area contributed by atoms with Crippen molar-refractivity contribution in [2.45, 2.75) is 110 Å². The molecule has 12 atom stereocenters. The van der Waals surface area contributed by atoms with Crippen molar-refractivity contribution >= 4 is 17.3 Å². The van der Waals surface area contributed by atoms with Gasteiger partial charge in [0.2, 0.25) is 0 Å². The summed E-state index contributed by atoms with van der Waals surface area (Å²) >= 11 is 5.59. The predicted molar refractivity (Wildman–Crippen MR) is 148 cm³/mol. The molecule has 4 aliphatic carbocycles. The highest BCUT2D eigenvalue weighted by Crippen LogP contribution is 2.69. The minimum atomic E-state index is -0.243. The lowest BCUT2D eigenvalue weighted by molar-refractivity contribution is -0.203. The predicted octanol–water partition coefficient (Wildman–Crippen LogP) is 4.58. The number of fused-ring (bicyclic) bond motifs is 5. The van der Waals surface area contributed by atoms with E-state index >= 15 is 0 Å². The zero-order valence-electron chi connectivity index (χ0n) is 23.2. The second kappa shape index (κ2) is 10.3. The maximum absolute atomic E-state index is 11.9. The van der Waals surface area contributed by atoms with Crippen LogP contribution < -0.4 is 5.32 Å². The molecule has 6 heteroatoms. The highest BCUT2D eigenvalue weighted by molar-refractivity contribution is 7.80. The van der Waals surface area contributed by atoms with E-state index in [9.17, 15) is 15.3 Å². The first-order valence-electron chi connectivity index (χ1n) is 15.2. The number of hydrogen-bond donors (Lipinski definition) is 4. The summed E-state index contributed by atoms with van der Waals surface area (Å²) in [6.07, 6.45) is 10.4. The largest absolute Gasteiger partial charge is 0.393 e. The third-order valence-corrected chi connectivity index (χ3v) is 12.9. The van der Waals surface area contributed by atoms with Gasteiger partial charge in [-0.1, -0.05) is 34.1 Å². The molecule has 1 saturated heterocycles. The van der Waals surface area contributed by atoms with E-state index in [1.54, 1.807) is 0 Å². The molecule has 5 aliphatic rings. The van der Waals surface area contributed by atoms with Gasteiger partial charge in [-0.2, -0.15) is 0 Å².